The van der Waals surface area contributed by atoms with Gasteiger partial charge in [-0.05, 0) is 54.1 Å². The monoisotopic (exact) mass is 499 g/mol. The highest BCUT2D eigenvalue weighted by atomic mass is 32.2. The summed E-state index contributed by atoms with van der Waals surface area (Å²) in [5.41, 5.74) is 1.52. The first-order valence-corrected chi connectivity index (χ1v) is 13.6. The van der Waals surface area contributed by atoms with E-state index < -0.39 is 9.84 Å². The molecule has 7 nitrogen and oxygen atoms in total. The average Bonchev–Trinajstić information content (AvgIpc) is 3.24. The van der Waals surface area contributed by atoms with Crippen molar-refractivity contribution in [3.05, 3.63) is 72.6 Å². The van der Waals surface area contributed by atoms with Gasteiger partial charge in [0.2, 0.25) is 5.91 Å². The maximum absolute atomic E-state index is 13.3. The van der Waals surface area contributed by atoms with Gasteiger partial charge in [0.05, 0.1) is 34.5 Å². The van der Waals surface area contributed by atoms with Crippen LogP contribution in [0.2, 0.25) is 0 Å². The van der Waals surface area contributed by atoms with Gasteiger partial charge in [-0.15, -0.1) is 11.8 Å². The molecule has 0 aliphatic heterocycles. The summed E-state index contributed by atoms with van der Waals surface area (Å²) in [5, 5.41) is 0.514. The van der Waals surface area contributed by atoms with Crippen molar-refractivity contribution in [3.8, 4) is 5.75 Å². The molecule has 0 bridgehead atoms. The fraction of sp³-hybridized carbons (Fsp3) is 0.174. The number of pyridine rings is 1. The normalized spacial score (nSPS) is 11.5. The Kier molecular flexibility index (Phi) is 6.96. The summed E-state index contributed by atoms with van der Waals surface area (Å²) in [5.74, 6) is 0.866. The van der Waals surface area contributed by atoms with Gasteiger partial charge in [0.15, 0.2) is 15.0 Å². The number of carbonyl (C=O) groups is 1. The van der Waals surface area contributed by atoms with Gasteiger partial charge in [0.25, 0.3) is 0 Å². The van der Waals surface area contributed by atoms with E-state index in [9.17, 15) is 13.2 Å². The smallest absolute Gasteiger partial charge is 0.239 e. The van der Waals surface area contributed by atoms with Crippen LogP contribution in [0.15, 0.2) is 76.8 Å². The Bertz CT molecular complexity index is 1370. The van der Waals surface area contributed by atoms with E-state index in [-0.39, 0.29) is 16.6 Å². The van der Waals surface area contributed by atoms with Gasteiger partial charge in [-0.3, -0.25) is 14.7 Å². The van der Waals surface area contributed by atoms with Crippen LogP contribution in [-0.4, -0.2) is 43.4 Å². The molecule has 0 aliphatic rings. The van der Waals surface area contributed by atoms with Crippen molar-refractivity contribution in [2.24, 2.45) is 0 Å². The topological polar surface area (TPSA) is 89.5 Å². The van der Waals surface area contributed by atoms with Gasteiger partial charge in [-0.25, -0.2) is 13.4 Å². The lowest BCUT2D eigenvalue weighted by molar-refractivity contribution is -0.116. The fourth-order valence-corrected chi connectivity index (χ4v) is 5.59. The van der Waals surface area contributed by atoms with Crippen molar-refractivity contribution >= 4 is 54.2 Å². The lowest BCUT2D eigenvalue weighted by atomic mass is 10.2. The predicted molar refractivity (Wildman–Crippen MR) is 132 cm³/mol. The molecule has 0 radical (unpaired) electrons. The van der Waals surface area contributed by atoms with Gasteiger partial charge < -0.3 is 4.74 Å². The van der Waals surface area contributed by atoms with E-state index in [1.165, 1.54) is 35.4 Å². The first kappa shape index (κ1) is 23.2. The minimum atomic E-state index is -3.34. The molecule has 4 aromatic rings. The van der Waals surface area contributed by atoms with Crippen LogP contribution in [0.4, 0.5) is 5.13 Å². The summed E-state index contributed by atoms with van der Waals surface area (Å²) >= 11 is 2.72. The number of rotatable bonds is 8. The summed E-state index contributed by atoms with van der Waals surface area (Å²) in [6.45, 7) is 0.314. The van der Waals surface area contributed by atoms with Crippen molar-refractivity contribution in [2.45, 2.75) is 16.3 Å². The SMILES string of the molecule is COc1ccc(SCC(=O)N(Cc2cccnc2)c2nc3ccc(S(C)(=O)=O)cc3s2)cc1. The molecule has 4 rings (SSSR count). The van der Waals surface area contributed by atoms with Crippen LogP contribution in [-0.2, 0) is 21.2 Å². The molecule has 2 aromatic heterocycles. The van der Waals surface area contributed by atoms with Gasteiger partial charge in [-0.1, -0.05) is 17.4 Å². The van der Waals surface area contributed by atoms with Gasteiger partial charge in [0.1, 0.15) is 5.75 Å². The number of hydrogen-bond acceptors (Lipinski definition) is 8. The summed E-state index contributed by atoms with van der Waals surface area (Å²) in [6.07, 6.45) is 4.57. The minimum absolute atomic E-state index is 0.109. The highest BCUT2D eigenvalue weighted by molar-refractivity contribution is 8.00. The van der Waals surface area contributed by atoms with Crippen LogP contribution in [0.25, 0.3) is 10.2 Å². The van der Waals surface area contributed by atoms with Crippen LogP contribution in [0, 0.1) is 0 Å². The third-order valence-corrected chi connectivity index (χ3v) is 7.94. The quantitative estimate of drug-likeness (QED) is 0.331. The number of anilines is 1. The minimum Gasteiger partial charge on any atom is -0.497 e. The number of carbonyl (C=O) groups excluding carboxylic acids is 1. The molecular weight excluding hydrogens is 478 g/mol. The molecule has 10 heteroatoms. The molecular formula is C23H21N3O4S3. The zero-order chi connectivity index (χ0) is 23.4. The number of methoxy groups -OCH3 is 1. The van der Waals surface area contributed by atoms with E-state index in [0.717, 1.165) is 16.2 Å². The third kappa shape index (κ3) is 5.70. The second-order valence-electron chi connectivity index (χ2n) is 7.20. The maximum Gasteiger partial charge on any atom is 0.239 e. The Labute approximate surface area is 200 Å². The molecule has 170 valence electrons. The molecule has 33 heavy (non-hydrogen) atoms. The van der Waals surface area contributed by atoms with Crippen molar-refractivity contribution in [1.82, 2.24) is 9.97 Å². The number of sulfone groups is 1. The fourth-order valence-electron chi connectivity index (χ4n) is 3.07. The molecule has 0 spiro atoms. The number of benzene rings is 2. The summed E-state index contributed by atoms with van der Waals surface area (Å²) < 4.78 is 29.7. The highest BCUT2D eigenvalue weighted by Crippen LogP contribution is 2.32. The van der Waals surface area contributed by atoms with Crippen LogP contribution in [0.1, 0.15) is 5.56 Å². The largest absolute Gasteiger partial charge is 0.497 e. The summed E-state index contributed by atoms with van der Waals surface area (Å²) in [7, 11) is -1.73. The number of thioether (sulfide) groups is 1. The van der Waals surface area contributed by atoms with Crippen molar-refractivity contribution in [2.75, 3.05) is 24.0 Å². The molecule has 2 aromatic carbocycles. The first-order valence-electron chi connectivity index (χ1n) is 9.90. The van der Waals surface area contributed by atoms with E-state index in [2.05, 4.69) is 9.97 Å². The van der Waals surface area contributed by atoms with E-state index >= 15 is 0 Å². The number of fused-ring (bicyclic) bond motifs is 1. The zero-order valence-corrected chi connectivity index (χ0v) is 20.4. The Morgan fingerprint density at radius 2 is 1.94 bits per heavy atom. The number of amides is 1. The molecule has 2 heterocycles. The molecule has 0 N–H and O–H groups in total. The van der Waals surface area contributed by atoms with E-state index in [4.69, 9.17) is 4.74 Å². The second-order valence-corrected chi connectivity index (χ2v) is 11.3. The van der Waals surface area contributed by atoms with E-state index in [1.807, 2.05) is 36.4 Å². The first-order chi connectivity index (χ1) is 15.8. The number of ether oxygens (including phenoxy) is 1. The standard InChI is InChI=1S/C23H21N3O4S3/c1-30-17-5-7-18(8-6-17)31-15-22(27)26(14-16-4-3-11-24-13-16)23-25-20-10-9-19(33(2,28)29)12-21(20)32-23/h3-13H,14-15H2,1-2H3. The van der Waals surface area contributed by atoms with Crippen LogP contribution in [0.3, 0.4) is 0 Å². The number of nitrogens with zero attached hydrogens (tertiary/aromatic N) is 3. The molecule has 0 saturated heterocycles. The van der Waals surface area contributed by atoms with Gasteiger partial charge in [0, 0.05) is 23.5 Å². The third-order valence-electron chi connectivity index (χ3n) is 4.79. The van der Waals surface area contributed by atoms with E-state index in [1.54, 1.807) is 36.5 Å². The maximum atomic E-state index is 13.3. The Morgan fingerprint density at radius 1 is 1.15 bits per heavy atom. The van der Waals surface area contributed by atoms with Crippen LogP contribution >= 0.6 is 23.1 Å². The number of hydrogen-bond donors (Lipinski definition) is 0. The molecule has 1 amide bonds. The number of thiazole rings is 1. The summed E-state index contributed by atoms with van der Waals surface area (Å²) in [6, 6.07) is 16.1. The van der Waals surface area contributed by atoms with E-state index in [0.29, 0.717) is 21.9 Å². The summed E-state index contributed by atoms with van der Waals surface area (Å²) in [4.78, 5) is 24.8. The lowest BCUT2D eigenvalue weighted by Gasteiger charge is -2.19. The number of aromatic nitrogens is 2. The Hall–Kier alpha value is -2.95. The van der Waals surface area contributed by atoms with Crippen molar-refractivity contribution in [3.63, 3.8) is 0 Å². The van der Waals surface area contributed by atoms with Gasteiger partial charge in [-0.2, -0.15) is 0 Å². The van der Waals surface area contributed by atoms with Crippen molar-refractivity contribution in [1.29, 1.82) is 0 Å². The zero-order valence-electron chi connectivity index (χ0n) is 18.0. The van der Waals surface area contributed by atoms with Crippen molar-refractivity contribution < 1.29 is 17.9 Å². The lowest BCUT2D eigenvalue weighted by Crippen LogP contribution is -2.31. The molecule has 0 atom stereocenters. The molecule has 0 aliphatic carbocycles. The van der Waals surface area contributed by atoms with Crippen LogP contribution < -0.4 is 9.64 Å². The molecule has 0 fully saturated rings. The average molecular weight is 500 g/mol. The Balaban J connectivity index is 1.61. The predicted octanol–water partition coefficient (Wildman–Crippen LogP) is 4.43. The molecule has 0 unspecified atom stereocenters. The van der Waals surface area contributed by atoms with Gasteiger partial charge >= 0.3 is 0 Å². The van der Waals surface area contributed by atoms with Crippen LogP contribution in [0.5, 0.6) is 5.75 Å². The Morgan fingerprint density at radius 3 is 2.61 bits per heavy atom. The molecule has 0 saturated carbocycles. The second kappa shape index (κ2) is 9.90. The highest BCUT2D eigenvalue weighted by Gasteiger charge is 2.21.